The summed E-state index contributed by atoms with van der Waals surface area (Å²) >= 11 is 2.62. The first-order valence-corrected chi connectivity index (χ1v) is 11.1. The van der Waals surface area contributed by atoms with E-state index < -0.39 is 11.7 Å². The minimum atomic E-state index is -0.626. The van der Waals surface area contributed by atoms with Gasteiger partial charge in [-0.1, -0.05) is 37.3 Å². The maximum Gasteiger partial charge on any atom is 0.320 e. The minimum absolute atomic E-state index is 0.115. The molecule has 2 aromatic heterocycles. The third-order valence-electron chi connectivity index (χ3n) is 4.06. The van der Waals surface area contributed by atoms with Crippen LogP contribution in [-0.4, -0.2) is 34.7 Å². The highest BCUT2D eigenvalue weighted by molar-refractivity contribution is 7.23. The van der Waals surface area contributed by atoms with Crippen molar-refractivity contribution in [3.8, 4) is 21.1 Å². The van der Waals surface area contributed by atoms with Crippen molar-refractivity contribution in [2.24, 2.45) is 5.92 Å². The molecular weight excluding hydrogens is 436 g/mol. The fourth-order valence-corrected chi connectivity index (χ4v) is 4.44. The number of benzene rings is 1. The second-order valence-corrected chi connectivity index (χ2v) is 8.89. The van der Waals surface area contributed by atoms with E-state index in [0.717, 1.165) is 5.56 Å². The number of urea groups is 1. The number of nitrogens with one attached hydrogen (secondary N) is 3. The lowest BCUT2D eigenvalue weighted by molar-refractivity contribution is -0.135. The van der Waals surface area contributed by atoms with Gasteiger partial charge in [-0.2, -0.15) is 0 Å². The van der Waals surface area contributed by atoms with Crippen LogP contribution in [-0.2, 0) is 9.59 Å². The number of thiazole rings is 2. The van der Waals surface area contributed by atoms with Crippen LogP contribution in [0.15, 0.2) is 29.6 Å². The van der Waals surface area contributed by atoms with Crippen molar-refractivity contribution in [1.82, 2.24) is 15.3 Å². The summed E-state index contributed by atoms with van der Waals surface area (Å²) in [5.74, 6) is -0.678. The lowest BCUT2D eigenvalue weighted by Crippen LogP contribution is -2.24. The predicted molar refractivity (Wildman–Crippen MR) is 124 cm³/mol. The quantitative estimate of drug-likeness (QED) is 0.397. The van der Waals surface area contributed by atoms with Gasteiger partial charge in [0.1, 0.15) is 15.7 Å². The number of carbonyl (C=O) groups excluding carboxylic acids is 3. The molecule has 9 nitrogen and oxygen atoms in total. The van der Waals surface area contributed by atoms with Gasteiger partial charge in [-0.15, -0.1) is 11.3 Å². The van der Waals surface area contributed by atoms with Crippen molar-refractivity contribution >= 4 is 57.0 Å². The number of aromatic nitrogens is 2. The lowest BCUT2D eigenvalue weighted by Gasteiger charge is -2.07. The summed E-state index contributed by atoms with van der Waals surface area (Å²) in [6, 6.07) is 6.73. The number of amides is 3. The largest absolute Gasteiger partial charge is 0.382 e. The zero-order valence-electron chi connectivity index (χ0n) is 17.2. The van der Waals surface area contributed by atoms with Gasteiger partial charge in [0.15, 0.2) is 5.13 Å². The average molecular weight is 459 g/mol. The van der Waals surface area contributed by atoms with Crippen molar-refractivity contribution in [3.05, 3.63) is 29.6 Å². The molecule has 162 valence electrons. The summed E-state index contributed by atoms with van der Waals surface area (Å²) in [5, 5.41) is 10.6. The van der Waals surface area contributed by atoms with E-state index in [9.17, 15) is 14.4 Å². The monoisotopic (exact) mass is 458 g/mol. The molecule has 0 aliphatic carbocycles. The Labute approximate surface area is 187 Å². The number of Topliss-reactive ketones (excluding diaryl/α,β-unsaturated/α-hetero) is 1. The van der Waals surface area contributed by atoms with Gasteiger partial charge in [0.05, 0.1) is 5.69 Å². The first-order valence-electron chi connectivity index (χ1n) is 9.42. The van der Waals surface area contributed by atoms with E-state index >= 15 is 0 Å². The van der Waals surface area contributed by atoms with E-state index in [1.54, 1.807) is 18.2 Å². The van der Waals surface area contributed by atoms with E-state index in [0.29, 0.717) is 26.4 Å². The van der Waals surface area contributed by atoms with E-state index in [2.05, 4.69) is 25.9 Å². The molecular formula is C20H22N6O3S2. The smallest absolute Gasteiger partial charge is 0.320 e. The van der Waals surface area contributed by atoms with Gasteiger partial charge in [-0.25, -0.2) is 14.8 Å². The standard InChI is InChI=1S/C20H22N6O3S2/c1-10(2)7-14(27)17(28)23-12-6-4-5-11(8-12)13-9-30-18(24-13)15-16(21)25-20(31-15)26-19(29)22-3/h4-6,8-10H,7,21H2,1-3H3,(H,23,28)(H2,22,25,26,29). The summed E-state index contributed by atoms with van der Waals surface area (Å²) in [7, 11) is 1.51. The Bertz CT molecular complexity index is 1120. The number of ketones is 1. The number of anilines is 3. The van der Waals surface area contributed by atoms with Gasteiger partial charge in [0, 0.05) is 30.1 Å². The number of nitrogens with two attached hydrogens (primary N) is 1. The fraction of sp³-hybridized carbons (Fsp3) is 0.250. The van der Waals surface area contributed by atoms with Crippen molar-refractivity contribution < 1.29 is 14.4 Å². The number of hydrogen-bond donors (Lipinski definition) is 4. The molecule has 0 saturated heterocycles. The van der Waals surface area contributed by atoms with Crippen molar-refractivity contribution in [1.29, 1.82) is 0 Å². The maximum atomic E-state index is 12.1. The second kappa shape index (κ2) is 9.67. The average Bonchev–Trinajstić information content (AvgIpc) is 3.34. The van der Waals surface area contributed by atoms with Gasteiger partial charge in [-0.05, 0) is 18.1 Å². The van der Waals surface area contributed by atoms with E-state index in [1.165, 1.54) is 29.7 Å². The SMILES string of the molecule is CNC(=O)Nc1nc(N)c(-c2nc(-c3cccc(NC(=O)C(=O)CC(C)C)c3)cs2)s1. The zero-order chi connectivity index (χ0) is 22.5. The summed E-state index contributed by atoms with van der Waals surface area (Å²) in [5.41, 5.74) is 7.99. The maximum absolute atomic E-state index is 12.1. The summed E-state index contributed by atoms with van der Waals surface area (Å²) < 4.78 is 0. The Morgan fingerprint density at radius 3 is 2.65 bits per heavy atom. The van der Waals surface area contributed by atoms with Gasteiger partial charge in [0.2, 0.25) is 5.78 Å². The van der Waals surface area contributed by atoms with Gasteiger partial charge in [0.25, 0.3) is 5.91 Å². The molecule has 0 fully saturated rings. The molecule has 3 rings (SSSR count). The van der Waals surface area contributed by atoms with Gasteiger partial charge < -0.3 is 16.4 Å². The Hall–Kier alpha value is -3.31. The molecule has 3 aromatic rings. The Morgan fingerprint density at radius 2 is 1.94 bits per heavy atom. The molecule has 2 heterocycles. The van der Waals surface area contributed by atoms with Crippen LogP contribution < -0.4 is 21.7 Å². The van der Waals surface area contributed by atoms with Crippen LogP contribution in [0, 0.1) is 5.92 Å². The predicted octanol–water partition coefficient (Wildman–Crippen LogP) is 3.82. The van der Waals surface area contributed by atoms with Gasteiger partial charge in [-0.3, -0.25) is 14.9 Å². The Kier molecular flexibility index (Phi) is 6.98. The van der Waals surface area contributed by atoms with Crippen molar-refractivity contribution in [3.63, 3.8) is 0 Å². The highest BCUT2D eigenvalue weighted by Crippen LogP contribution is 2.38. The second-order valence-electron chi connectivity index (χ2n) is 7.03. The molecule has 0 bridgehead atoms. The Balaban J connectivity index is 1.77. The third-order valence-corrected chi connectivity index (χ3v) is 6.04. The van der Waals surface area contributed by atoms with Crippen LogP contribution in [0.5, 0.6) is 0 Å². The molecule has 0 aliphatic heterocycles. The molecule has 0 atom stereocenters. The fourth-order valence-electron chi connectivity index (χ4n) is 2.63. The van der Waals surface area contributed by atoms with E-state index in [1.807, 2.05) is 25.3 Å². The van der Waals surface area contributed by atoms with E-state index in [4.69, 9.17) is 5.73 Å². The minimum Gasteiger partial charge on any atom is -0.382 e. The molecule has 31 heavy (non-hydrogen) atoms. The molecule has 1 aromatic carbocycles. The molecule has 0 aliphatic rings. The van der Waals surface area contributed by atoms with Crippen molar-refractivity contribution in [2.45, 2.75) is 20.3 Å². The Morgan fingerprint density at radius 1 is 1.16 bits per heavy atom. The van der Waals surface area contributed by atoms with Crippen LogP contribution in [0.4, 0.5) is 21.4 Å². The van der Waals surface area contributed by atoms with Crippen molar-refractivity contribution in [2.75, 3.05) is 23.4 Å². The van der Waals surface area contributed by atoms with Crippen LogP contribution in [0.25, 0.3) is 21.1 Å². The molecule has 11 heteroatoms. The number of nitrogen functional groups attached to an aromatic ring is 1. The van der Waals surface area contributed by atoms with Crippen LogP contribution in [0.1, 0.15) is 20.3 Å². The zero-order valence-corrected chi connectivity index (χ0v) is 18.8. The molecule has 3 amide bonds. The highest BCUT2D eigenvalue weighted by Gasteiger charge is 2.17. The molecule has 0 saturated carbocycles. The van der Waals surface area contributed by atoms with Gasteiger partial charge >= 0.3 is 6.03 Å². The number of carbonyl (C=O) groups is 3. The molecule has 5 N–H and O–H groups in total. The topological polar surface area (TPSA) is 139 Å². The normalized spacial score (nSPS) is 10.7. The first kappa shape index (κ1) is 22.4. The lowest BCUT2D eigenvalue weighted by atomic mass is 10.1. The summed E-state index contributed by atoms with van der Waals surface area (Å²) in [4.78, 5) is 44.9. The number of rotatable bonds is 7. The summed E-state index contributed by atoms with van der Waals surface area (Å²) in [6.07, 6.45) is 0.202. The highest BCUT2D eigenvalue weighted by atomic mass is 32.1. The van der Waals surface area contributed by atoms with Crippen LogP contribution in [0.2, 0.25) is 0 Å². The first-order chi connectivity index (χ1) is 14.8. The van der Waals surface area contributed by atoms with E-state index in [-0.39, 0.29) is 24.2 Å². The van der Waals surface area contributed by atoms with Crippen LogP contribution in [0.3, 0.4) is 0 Å². The number of hydrogen-bond acceptors (Lipinski definition) is 8. The summed E-state index contributed by atoms with van der Waals surface area (Å²) in [6.45, 7) is 3.78. The third kappa shape index (κ3) is 5.64. The van der Waals surface area contributed by atoms with Crippen LogP contribution >= 0.6 is 22.7 Å². The molecule has 0 unspecified atom stereocenters. The number of nitrogens with zero attached hydrogens (tertiary/aromatic N) is 2. The molecule has 0 spiro atoms. The molecule has 0 radical (unpaired) electrons.